The van der Waals surface area contributed by atoms with Gasteiger partial charge in [-0.15, -0.1) is 12.6 Å². The molecule has 3 N–H and O–H groups in total. The number of ether oxygens (including phenoxy) is 1. The van der Waals surface area contributed by atoms with Crippen molar-refractivity contribution in [2.24, 2.45) is 0 Å². The first-order chi connectivity index (χ1) is 4.66. The van der Waals surface area contributed by atoms with Gasteiger partial charge in [0, 0.05) is 0 Å². The highest BCUT2D eigenvalue weighted by molar-refractivity contribution is 7.80. The molecule has 1 aliphatic heterocycles. The predicted molar refractivity (Wildman–Crippen MR) is 36.7 cm³/mol. The second kappa shape index (κ2) is 3.06. The maximum atomic E-state index is 9.04. The summed E-state index contributed by atoms with van der Waals surface area (Å²) in [4.78, 5) is 0. The summed E-state index contributed by atoms with van der Waals surface area (Å²) in [5.41, 5.74) is -0.688. The Morgan fingerprint density at radius 3 is 2.10 bits per heavy atom. The molecule has 0 aliphatic carbocycles. The van der Waals surface area contributed by atoms with Crippen LogP contribution in [0.25, 0.3) is 0 Å². The first kappa shape index (κ1) is 8.29. The van der Waals surface area contributed by atoms with Crippen LogP contribution in [0, 0.1) is 0 Å². The Labute approximate surface area is 63.8 Å². The average molecular weight is 166 g/mol. The van der Waals surface area contributed by atoms with Gasteiger partial charge in [-0.25, -0.2) is 0 Å². The van der Waals surface area contributed by atoms with Crippen LogP contribution in [-0.4, -0.2) is 45.7 Å². The standard InChI is InChI=1S/C5H10O4S/c6-1-2-3(7)4(8)5(10)9-2/h2-8,10H,1H2/t2-,3-,4-,5-/m0/s1. The number of thiol groups is 1. The van der Waals surface area contributed by atoms with E-state index in [1.165, 1.54) is 0 Å². The van der Waals surface area contributed by atoms with Gasteiger partial charge in [0.05, 0.1) is 6.61 Å². The highest BCUT2D eigenvalue weighted by Crippen LogP contribution is 2.22. The molecule has 5 heteroatoms. The molecule has 1 heterocycles. The molecular weight excluding hydrogens is 156 g/mol. The predicted octanol–water partition coefficient (Wildman–Crippen LogP) is -1.64. The van der Waals surface area contributed by atoms with Crippen molar-refractivity contribution < 1.29 is 20.1 Å². The van der Waals surface area contributed by atoms with Gasteiger partial charge in [-0.1, -0.05) is 0 Å². The molecular formula is C5H10O4S. The summed E-state index contributed by atoms with van der Waals surface area (Å²) in [7, 11) is 0. The van der Waals surface area contributed by atoms with Gasteiger partial charge in [-0.2, -0.15) is 0 Å². The minimum atomic E-state index is -1.02. The minimum absolute atomic E-state index is 0.296. The van der Waals surface area contributed by atoms with Crippen LogP contribution in [-0.2, 0) is 4.74 Å². The molecule has 0 spiro atoms. The lowest BCUT2D eigenvalue weighted by atomic mass is 10.2. The van der Waals surface area contributed by atoms with Gasteiger partial charge < -0.3 is 20.1 Å². The van der Waals surface area contributed by atoms with Gasteiger partial charge in [-0.3, -0.25) is 0 Å². The molecule has 60 valence electrons. The molecule has 0 amide bonds. The Morgan fingerprint density at radius 2 is 1.90 bits per heavy atom. The number of hydrogen-bond donors (Lipinski definition) is 4. The third-order valence-electron chi connectivity index (χ3n) is 1.52. The van der Waals surface area contributed by atoms with E-state index < -0.39 is 23.7 Å². The molecule has 1 saturated heterocycles. The van der Waals surface area contributed by atoms with Crippen LogP contribution in [0.3, 0.4) is 0 Å². The number of hydrogen-bond acceptors (Lipinski definition) is 5. The van der Waals surface area contributed by atoms with Crippen molar-refractivity contribution in [2.75, 3.05) is 6.61 Å². The van der Waals surface area contributed by atoms with Crippen LogP contribution in [0.2, 0.25) is 0 Å². The Bertz CT molecular complexity index is 120. The molecule has 0 unspecified atom stereocenters. The van der Waals surface area contributed by atoms with Crippen molar-refractivity contribution in [3.63, 3.8) is 0 Å². The summed E-state index contributed by atoms with van der Waals surface area (Å²) in [5, 5.41) is 26.6. The molecule has 10 heavy (non-hydrogen) atoms. The lowest BCUT2D eigenvalue weighted by Crippen LogP contribution is -2.32. The second-order valence-corrected chi connectivity index (χ2v) is 2.74. The van der Waals surface area contributed by atoms with Crippen molar-refractivity contribution in [1.82, 2.24) is 0 Å². The van der Waals surface area contributed by atoms with Gasteiger partial charge >= 0.3 is 0 Å². The molecule has 1 fully saturated rings. The van der Waals surface area contributed by atoms with Gasteiger partial charge in [-0.05, 0) is 0 Å². The zero-order chi connectivity index (χ0) is 7.72. The Balaban J connectivity index is 2.53. The van der Waals surface area contributed by atoms with Crippen molar-refractivity contribution in [1.29, 1.82) is 0 Å². The molecule has 4 nitrogen and oxygen atoms in total. The molecule has 0 aromatic heterocycles. The molecule has 0 bridgehead atoms. The van der Waals surface area contributed by atoms with Gasteiger partial charge in [0.2, 0.25) is 0 Å². The van der Waals surface area contributed by atoms with Crippen LogP contribution < -0.4 is 0 Å². The summed E-state index contributed by atoms with van der Waals surface area (Å²) >= 11 is 3.82. The topological polar surface area (TPSA) is 69.9 Å². The highest BCUT2D eigenvalue weighted by Gasteiger charge is 2.40. The average Bonchev–Trinajstić information content (AvgIpc) is 2.17. The highest BCUT2D eigenvalue weighted by atomic mass is 32.1. The fourth-order valence-electron chi connectivity index (χ4n) is 0.880. The van der Waals surface area contributed by atoms with E-state index in [0.717, 1.165) is 0 Å². The Hall–Kier alpha value is 0.190. The van der Waals surface area contributed by atoms with E-state index in [2.05, 4.69) is 12.6 Å². The number of aliphatic hydroxyl groups excluding tert-OH is 3. The zero-order valence-electron chi connectivity index (χ0n) is 5.21. The molecule has 0 radical (unpaired) electrons. The first-order valence-electron chi connectivity index (χ1n) is 2.97. The third kappa shape index (κ3) is 1.28. The van der Waals surface area contributed by atoms with Crippen molar-refractivity contribution in [3.8, 4) is 0 Å². The second-order valence-electron chi connectivity index (χ2n) is 2.23. The summed E-state index contributed by atoms with van der Waals surface area (Å²) < 4.78 is 4.85. The molecule has 0 aromatic carbocycles. The quantitative estimate of drug-likeness (QED) is 0.352. The Morgan fingerprint density at radius 1 is 1.30 bits per heavy atom. The summed E-state index contributed by atoms with van der Waals surface area (Å²) in [5.74, 6) is 0. The van der Waals surface area contributed by atoms with E-state index in [1.807, 2.05) is 0 Å². The van der Waals surface area contributed by atoms with Gasteiger partial charge in [0.1, 0.15) is 23.7 Å². The van der Waals surface area contributed by atoms with Crippen LogP contribution >= 0.6 is 12.6 Å². The fraction of sp³-hybridized carbons (Fsp3) is 1.00. The van der Waals surface area contributed by atoms with Crippen LogP contribution in [0.1, 0.15) is 0 Å². The monoisotopic (exact) mass is 166 g/mol. The van der Waals surface area contributed by atoms with Crippen molar-refractivity contribution in [3.05, 3.63) is 0 Å². The summed E-state index contributed by atoms with van der Waals surface area (Å²) in [6.07, 6.45) is -2.72. The SMILES string of the molecule is OC[C@@H]1O[C@@H](S)[C@@H](O)[C@H]1O. The fourth-order valence-corrected chi connectivity index (χ4v) is 1.21. The number of aliphatic hydroxyl groups is 3. The zero-order valence-corrected chi connectivity index (χ0v) is 6.11. The third-order valence-corrected chi connectivity index (χ3v) is 1.94. The van der Waals surface area contributed by atoms with Gasteiger partial charge in [0.25, 0.3) is 0 Å². The maximum absolute atomic E-state index is 9.04. The lowest BCUT2D eigenvalue weighted by Gasteiger charge is -2.09. The molecule has 0 aromatic rings. The van der Waals surface area contributed by atoms with E-state index in [1.54, 1.807) is 0 Å². The van der Waals surface area contributed by atoms with Crippen LogP contribution in [0.5, 0.6) is 0 Å². The van der Waals surface area contributed by atoms with Crippen LogP contribution in [0.15, 0.2) is 0 Å². The first-order valence-corrected chi connectivity index (χ1v) is 3.49. The number of rotatable bonds is 1. The smallest absolute Gasteiger partial charge is 0.129 e. The van der Waals surface area contributed by atoms with Gasteiger partial charge in [0.15, 0.2) is 0 Å². The maximum Gasteiger partial charge on any atom is 0.129 e. The van der Waals surface area contributed by atoms with Crippen molar-refractivity contribution in [2.45, 2.75) is 23.7 Å². The van der Waals surface area contributed by atoms with E-state index in [9.17, 15) is 0 Å². The molecule has 1 aliphatic rings. The van der Waals surface area contributed by atoms with Crippen LogP contribution in [0.4, 0.5) is 0 Å². The molecule has 4 atom stereocenters. The van der Waals surface area contributed by atoms with E-state index in [-0.39, 0.29) is 6.61 Å². The lowest BCUT2D eigenvalue weighted by molar-refractivity contribution is -0.00794. The molecule has 0 saturated carbocycles. The normalized spacial score (nSPS) is 48.0. The van der Waals surface area contributed by atoms with E-state index >= 15 is 0 Å². The van der Waals surface area contributed by atoms with Crippen molar-refractivity contribution >= 4 is 12.6 Å². The Kier molecular flexibility index (Phi) is 2.54. The summed E-state index contributed by atoms with van der Waals surface area (Å²) in [6.45, 7) is -0.296. The minimum Gasteiger partial charge on any atom is -0.394 e. The summed E-state index contributed by atoms with van der Waals surface area (Å²) in [6, 6.07) is 0. The molecule has 1 rings (SSSR count). The van der Waals surface area contributed by atoms with E-state index in [4.69, 9.17) is 20.1 Å². The van der Waals surface area contributed by atoms with E-state index in [0.29, 0.717) is 0 Å². The largest absolute Gasteiger partial charge is 0.394 e.